The summed E-state index contributed by atoms with van der Waals surface area (Å²) < 4.78 is 28.6. The van der Waals surface area contributed by atoms with Crippen LogP contribution < -0.4 is 0 Å². The van der Waals surface area contributed by atoms with Crippen molar-refractivity contribution in [1.29, 1.82) is 0 Å². The minimum absolute atomic E-state index is 0.0547. The average Bonchev–Trinajstić information content (AvgIpc) is 2.44. The molecule has 1 rings (SSSR count). The fourth-order valence-corrected chi connectivity index (χ4v) is 2.48. The molecule has 0 bridgehead atoms. The van der Waals surface area contributed by atoms with E-state index in [4.69, 9.17) is 4.74 Å². The van der Waals surface area contributed by atoms with Gasteiger partial charge in [-0.1, -0.05) is 19.1 Å². The molecular formula is C13H17NO5S. The van der Waals surface area contributed by atoms with E-state index < -0.39 is 22.4 Å². The second-order valence-electron chi connectivity index (χ2n) is 4.26. The van der Waals surface area contributed by atoms with Gasteiger partial charge in [0.1, 0.15) is 0 Å². The van der Waals surface area contributed by atoms with Gasteiger partial charge in [-0.15, -0.1) is 0 Å². The van der Waals surface area contributed by atoms with Crippen molar-refractivity contribution in [3.05, 3.63) is 29.8 Å². The lowest BCUT2D eigenvalue weighted by atomic mass is 10.2. The summed E-state index contributed by atoms with van der Waals surface area (Å²) in [5, 5.41) is 0. The number of nitrogens with zero attached hydrogens (tertiary/aromatic N) is 1. The van der Waals surface area contributed by atoms with Gasteiger partial charge in [0.25, 0.3) is 5.91 Å². The fraction of sp³-hybridized carbons (Fsp3) is 0.385. The van der Waals surface area contributed by atoms with Crippen molar-refractivity contribution in [2.45, 2.75) is 11.8 Å². The van der Waals surface area contributed by atoms with Crippen LogP contribution >= 0.6 is 0 Å². The Morgan fingerprint density at radius 3 is 2.35 bits per heavy atom. The number of amides is 1. The number of hydrogen-bond donors (Lipinski definition) is 0. The third-order valence-corrected chi connectivity index (χ3v) is 4.43. The molecule has 6 nitrogen and oxygen atoms in total. The molecule has 0 fully saturated rings. The maximum atomic E-state index is 11.9. The summed E-state index contributed by atoms with van der Waals surface area (Å²) in [5.74, 6) is -1.32. The molecule has 0 aliphatic carbocycles. The van der Waals surface area contributed by atoms with Gasteiger partial charge in [-0.25, -0.2) is 13.2 Å². The van der Waals surface area contributed by atoms with Crippen LogP contribution in [0.1, 0.15) is 17.3 Å². The van der Waals surface area contributed by atoms with Crippen LogP contribution in [0, 0.1) is 0 Å². The topological polar surface area (TPSA) is 80.7 Å². The molecule has 0 N–H and O–H groups in total. The Labute approximate surface area is 118 Å². The van der Waals surface area contributed by atoms with E-state index in [1.165, 1.54) is 44.1 Å². The first-order valence-electron chi connectivity index (χ1n) is 5.98. The molecule has 0 aromatic heterocycles. The number of hydrogen-bond acceptors (Lipinski definition) is 5. The summed E-state index contributed by atoms with van der Waals surface area (Å²) in [6, 6.07) is 5.79. The van der Waals surface area contributed by atoms with Crippen LogP contribution in [-0.4, -0.2) is 51.6 Å². The summed E-state index contributed by atoms with van der Waals surface area (Å²) in [7, 11) is -0.458. The van der Waals surface area contributed by atoms with E-state index in [9.17, 15) is 18.0 Å². The van der Waals surface area contributed by atoms with Crippen LogP contribution in [0.25, 0.3) is 0 Å². The number of carbonyl (C=O) groups is 2. The van der Waals surface area contributed by atoms with E-state index in [2.05, 4.69) is 0 Å². The van der Waals surface area contributed by atoms with Crippen molar-refractivity contribution in [2.24, 2.45) is 0 Å². The first kappa shape index (κ1) is 16.2. The van der Waals surface area contributed by atoms with Gasteiger partial charge in [-0.3, -0.25) is 4.79 Å². The average molecular weight is 299 g/mol. The van der Waals surface area contributed by atoms with E-state index in [0.29, 0.717) is 0 Å². The fourth-order valence-electron chi connectivity index (χ4n) is 1.40. The Morgan fingerprint density at radius 2 is 1.80 bits per heavy atom. The third kappa shape index (κ3) is 3.80. The molecule has 0 radical (unpaired) electrons. The molecular weight excluding hydrogens is 282 g/mol. The third-order valence-electron chi connectivity index (χ3n) is 2.65. The highest BCUT2D eigenvalue weighted by Gasteiger charge is 2.22. The highest BCUT2D eigenvalue weighted by atomic mass is 32.2. The normalized spacial score (nSPS) is 10.9. The highest BCUT2D eigenvalue weighted by molar-refractivity contribution is 7.91. The number of ether oxygens (including phenoxy) is 1. The zero-order chi connectivity index (χ0) is 15.3. The Bertz CT molecular complexity index is 607. The summed E-state index contributed by atoms with van der Waals surface area (Å²) in [6.45, 7) is 1.07. The molecule has 7 heteroatoms. The van der Waals surface area contributed by atoms with Crippen molar-refractivity contribution in [1.82, 2.24) is 4.90 Å². The van der Waals surface area contributed by atoms with E-state index in [1.54, 1.807) is 6.07 Å². The van der Waals surface area contributed by atoms with Gasteiger partial charge in [0.05, 0.1) is 16.2 Å². The maximum absolute atomic E-state index is 11.9. The number of carbonyl (C=O) groups excluding carboxylic acids is 2. The minimum atomic E-state index is -3.52. The van der Waals surface area contributed by atoms with E-state index in [-0.39, 0.29) is 22.1 Å². The lowest BCUT2D eigenvalue weighted by molar-refractivity contribution is -0.131. The maximum Gasteiger partial charge on any atom is 0.339 e. The molecule has 0 aliphatic rings. The highest BCUT2D eigenvalue weighted by Crippen LogP contribution is 2.17. The smallest absolute Gasteiger partial charge is 0.339 e. The summed E-state index contributed by atoms with van der Waals surface area (Å²) in [6.07, 6.45) is 0. The molecule has 0 saturated carbocycles. The Balaban J connectivity index is 2.98. The Morgan fingerprint density at radius 1 is 1.20 bits per heavy atom. The van der Waals surface area contributed by atoms with Crippen molar-refractivity contribution < 1.29 is 22.7 Å². The molecule has 0 aliphatic heterocycles. The molecule has 0 unspecified atom stereocenters. The molecule has 0 spiro atoms. The molecule has 0 heterocycles. The van der Waals surface area contributed by atoms with Gasteiger partial charge in [0.15, 0.2) is 16.4 Å². The Hall–Kier alpha value is -1.89. The van der Waals surface area contributed by atoms with Crippen LogP contribution in [0.3, 0.4) is 0 Å². The molecule has 1 amide bonds. The SMILES string of the molecule is CCS(=O)(=O)c1ccccc1C(=O)OCC(=O)N(C)C. The van der Waals surface area contributed by atoms with Crippen LogP contribution in [0.15, 0.2) is 29.2 Å². The van der Waals surface area contributed by atoms with Crippen molar-refractivity contribution in [3.8, 4) is 0 Å². The van der Waals surface area contributed by atoms with Crippen LogP contribution in [0.4, 0.5) is 0 Å². The number of likely N-dealkylation sites (N-methyl/N-ethyl adjacent to an activating group) is 1. The van der Waals surface area contributed by atoms with E-state index in [0.717, 1.165) is 0 Å². The number of rotatable bonds is 5. The number of benzene rings is 1. The van der Waals surface area contributed by atoms with Crippen LogP contribution in [0.5, 0.6) is 0 Å². The summed E-state index contributed by atoms with van der Waals surface area (Å²) >= 11 is 0. The predicted octanol–water partition coefficient (Wildman–Crippen LogP) is 0.725. The zero-order valence-electron chi connectivity index (χ0n) is 11.6. The summed E-state index contributed by atoms with van der Waals surface area (Å²) in [4.78, 5) is 24.4. The second kappa shape index (κ2) is 6.51. The Kier molecular flexibility index (Phi) is 5.26. The number of esters is 1. The predicted molar refractivity (Wildman–Crippen MR) is 73.1 cm³/mol. The standard InChI is InChI=1S/C13H17NO5S/c1-4-20(17,18)11-8-6-5-7-10(11)13(16)19-9-12(15)14(2)3/h5-8H,4,9H2,1-3H3. The van der Waals surface area contributed by atoms with Gasteiger partial charge in [0, 0.05) is 14.1 Å². The first-order chi connectivity index (χ1) is 9.29. The largest absolute Gasteiger partial charge is 0.452 e. The quantitative estimate of drug-likeness (QED) is 0.749. The van der Waals surface area contributed by atoms with Gasteiger partial charge >= 0.3 is 5.97 Å². The molecule has 1 aromatic carbocycles. The van der Waals surface area contributed by atoms with Gasteiger partial charge in [-0.2, -0.15) is 0 Å². The second-order valence-corrected chi connectivity index (χ2v) is 6.51. The molecule has 0 atom stereocenters. The van der Waals surface area contributed by atoms with E-state index >= 15 is 0 Å². The van der Waals surface area contributed by atoms with Crippen LogP contribution in [-0.2, 0) is 19.4 Å². The van der Waals surface area contributed by atoms with Crippen LogP contribution in [0.2, 0.25) is 0 Å². The molecule has 110 valence electrons. The van der Waals surface area contributed by atoms with Gasteiger partial charge < -0.3 is 9.64 Å². The minimum Gasteiger partial charge on any atom is -0.452 e. The van der Waals surface area contributed by atoms with Crippen molar-refractivity contribution in [2.75, 3.05) is 26.5 Å². The van der Waals surface area contributed by atoms with Gasteiger partial charge in [-0.05, 0) is 12.1 Å². The molecule has 1 aromatic rings. The molecule has 0 saturated heterocycles. The van der Waals surface area contributed by atoms with E-state index in [1.807, 2.05) is 0 Å². The summed E-state index contributed by atoms with van der Waals surface area (Å²) in [5.41, 5.74) is -0.0547. The van der Waals surface area contributed by atoms with Crippen molar-refractivity contribution in [3.63, 3.8) is 0 Å². The molecule has 20 heavy (non-hydrogen) atoms. The lowest BCUT2D eigenvalue weighted by Crippen LogP contribution is -2.28. The first-order valence-corrected chi connectivity index (χ1v) is 7.64. The zero-order valence-corrected chi connectivity index (χ0v) is 12.4. The monoisotopic (exact) mass is 299 g/mol. The lowest BCUT2D eigenvalue weighted by Gasteiger charge is -2.12. The number of sulfone groups is 1. The van der Waals surface area contributed by atoms with Crippen molar-refractivity contribution >= 4 is 21.7 Å². The van der Waals surface area contributed by atoms with Gasteiger partial charge in [0.2, 0.25) is 0 Å².